The van der Waals surface area contributed by atoms with E-state index in [0.29, 0.717) is 18.2 Å². The molecule has 1 saturated heterocycles. The standard InChI is InChI=1S/C19H26N2O/c1-3-4-7-19(22)21-10-5-6-15(13-21)18-12-16-11-14(2)8-9-17(16)20-18/h8-9,11-12,15,20H,3-7,10,13H2,1-2H3. The van der Waals surface area contributed by atoms with Crippen molar-refractivity contribution in [1.29, 1.82) is 0 Å². The van der Waals surface area contributed by atoms with Crippen molar-refractivity contribution in [1.82, 2.24) is 9.88 Å². The van der Waals surface area contributed by atoms with E-state index < -0.39 is 0 Å². The number of aryl methyl sites for hydroxylation is 1. The van der Waals surface area contributed by atoms with E-state index in [2.05, 4.69) is 48.0 Å². The molecular weight excluding hydrogens is 272 g/mol. The Morgan fingerprint density at radius 2 is 2.23 bits per heavy atom. The summed E-state index contributed by atoms with van der Waals surface area (Å²) < 4.78 is 0. The summed E-state index contributed by atoms with van der Waals surface area (Å²) in [4.78, 5) is 17.9. The first-order valence-electron chi connectivity index (χ1n) is 8.54. The zero-order valence-corrected chi connectivity index (χ0v) is 13.7. The van der Waals surface area contributed by atoms with Crippen molar-refractivity contribution in [2.45, 2.75) is 51.9 Å². The summed E-state index contributed by atoms with van der Waals surface area (Å²) in [5, 5.41) is 1.28. The molecule has 1 unspecified atom stereocenters. The van der Waals surface area contributed by atoms with Crippen molar-refractivity contribution >= 4 is 16.8 Å². The minimum absolute atomic E-state index is 0.332. The molecular formula is C19H26N2O. The van der Waals surface area contributed by atoms with E-state index in [-0.39, 0.29) is 0 Å². The number of rotatable bonds is 4. The van der Waals surface area contributed by atoms with Gasteiger partial charge in [0.25, 0.3) is 0 Å². The normalized spacial score (nSPS) is 18.8. The molecule has 22 heavy (non-hydrogen) atoms. The van der Waals surface area contributed by atoms with Gasteiger partial charge in [0.15, 0.2) is 0 Å². The molecule has 2 aromatic rings. The van der Waals surface area contributed by atoms with E-state index in [4.69, 9.17) is 0 Å². The van der Waals surface area contributed by atoms with Gasteiger partial charge >= 0.3 is 0 Å². The molecule has 0 spiro atoms. The molecule has 1 amide bonds. The lowest BCUT2D eigenvalue weighted by molar-refractivity contribution is -0.132. The molecule has 0 radical (unpaired) electrons. The summed E-state index contributed by atoms with van der Waals surface area (Å²) in [5.74, 6) is 0.783. The second-order valence-electron chi connectivity index (χ2n) is 6.60. The number of unbranched alkanes of at least 4 members (excludes halogenated alkanes) is 1. The Hall–Kier alpha value is -1.77. The largest absolute Gasteiger partial charge is 0.358 e. The van der Waals surface area contributed by atoms with Crippen molar-refractivity contribution in [2.75, 3.05) is 13.1 Å². The van der Waals surface area contributed by atoms with Crippen LogP contribution in [0, 0.1) is 6.92 Å². The van der Waals surface area contributed by atoms with Crippen LogP contribution in [0.5, 0.6) is 0 Å². The molecule has 1 fully saturated rings. The Balaban J connectivity index is 1.74. The number of carbonyl (C=O) groups is 1. The number of carbonyl (C=O) groups excluding carboxylic acids is 1. The molecule has 1 aromatic carbocycles. The van der Waals surface area contributed by atoms with Crippen molar-refractivity contribution in [3.8, 4) is 0 Å². The van der Waals surface area contributed by atoms with Crippen LogP contribution in [0.1, 0.15) is 56.2 Å². The Labute approximate surface area is 132 Å². The van der Waals surface area contributed by atoms with Crippen molar-refractivity contribution in [3.63, 3.8) is 0 Å². The highest BCUT2D eigenvalue weighted by molar-refractivity contribution is 5.81. The Bertz CT molecular complexity index is 658. The van der Waals surface area contributed by atoms with Gasteiger partial charge in [0.2, 0.25) is 5.91 Å². The van der Waals surface area contributed by atoms with Crippen LogP contribution in [-0.4, -0.2) is 28.9 Å². The smallest absolute Gasteiger partial charge is 0.222 e. The average Bonchev–Trinajstić information content (AvgIpc) is 2.95. The predicted octanol–water partition coefficient (Wildman–Crippen LogP) is 4.37. The van der Waals surface area contributed by atoms with Gasteiger partial charge in [-0.3, -0.25) is 4.79 Å². The van der Waals surface area contributed by atoms with Gasteiger partial charge in [-0.15, -0.1) is 0 Å². The number of aromatic amines is 1. The summed E-state index contributed by atoms with van der Waals surface area (Å²) >= 11 is 0. The number of nitrogens with one attached hydrogen (secondary N) is 1. The lowest BCUT2D eigenvalue weighted by Gasteiger charge is -2.32. The van der Waals surface area contributed by atoms with Gasteiger partial charge in [0, 0.05) is 36.6 Å². The van der Waals surface area contributed by atoms with Crippen LogP contribution in [0.4, 0.5) is 0 Å². The third-order valence-corrected chi connectivity index (χ3v) is 4.76. The molecule has 1 aliphatic rings. The topological polar surface area (TPSA) is 36.1 Å². The van der Waals surface area contributed by atoms with Crippen LogP contribution < -0.4 is 0 Å². The molecule has 1 aliphatic heterocycles. The number of hydrogen-bond acceptors (Lipinski definition) is 1. The van der Waals surface area contributed by atoms with Gasteiger partial charge in [-0.25, -0.2) is 0 Å². The third-order valence-electron chi connectivity index (χ3n) is 4.76. The van der Waals surface area contributed by atoms with E-state index in [1.54, 1.807) is 0 Å². The predicted molar refractivity (Wildman–Crippen MR) is 91.1 cm³/mol. The number of likely N-dealkylation sites (tertiary alicyclic amines) is 1. The number of piperidine rings is 1. The van der Waals surface area contributed by atoms with Crippen LogP contribution in [0.2, 0.25) is 0 Å². The van der Waals surface area contributed by atoms with E-state index in [9.17, 15) is 4.79 Å². The first-order valence-corrected chi connectivity index (χ1v) is 8.54. The van der Waals surface area contributed by atoms with Crippen molar-refractivity contribution < 1.29 is 4.79 Å². The molecule has 0 bridgehead atoms. The minimum atomic E-state index is 0.332. The lowest BCUT2D eigenvalue weighted by atomic mass is 9.94. The Morgan fingerprint density at radius 3 is 3.05 bits per heavy atom. The number of benzene rings is 1. The van der Waals surface area contributed by atoms with Crippen LogP contribution in [-0.2, 0) is 4.79 Å². The second-order valence-corrected chi connectivity index (χ2v) is 6.60. The highest BCUT2D eigenvalue weighted by Gasteiger charge is 2.25. The van der Waals surface area contributed by atoms with E-state index in [1.807, 2.05) is 0 Å². The molecule has 3 nitrogen and oxygen atoms in total. The first kappa shape index (κ1) is 15.1. The maximum Gasteiger partial charge on any atom is 0.222 e. The fraction of sp³-hybridized carbons (Fsp3) is 0.526. The number of aromatic nitrogens is 1. The quantitative estimate of drug-likeness (QED) is 0.893. The SMILES string of the molecule is CCCCC(=O)N1CCCC(c2cc3cc(C)ccc3[nH]2)C1. The number of H-pyrrole nitrogens is 1. The molecule has 1 N–H and O–H groups in total. The molecule has 1 atom stereocenters. The highest BCUT2D eigenvalue weighted by Crippen LogP contribution is 2.29. The van der Waals surface area contributed by atoms with E-state index >= 15 is 0 Å². The molecule has 118 valence electrons. The minimum Gasteiger partial charge on any atom is -0.358 e. The van der Waals surface area contributed by atoms with Gasteiger partial charge in [-0.1, -0.05) is 25.0 Å². The van der Waals surface area contributed by atoms with Crippen LogP contribution in [0.3, 0.4) is 0 Å². The van der Waals surface area contributed by atoms with Crippen molar-refractivity contribution in [3.05, 3.63) is 35.5 Å². The monoisotopic (exact) mass is 298 g/mol. The van der Waals surface area contributed by atoms with Gasteiger partial charge in [-0.05, 0) is 49.8 Å². The second kappa shape index (κ2) is 6.55. The summed E-state index contributed by atoms with van der Waals surface area (Å²) in [6.07, 6.45) is 5.07. The molecule has 3 rings (SSSR count). The first-order chi connectivity index (χ1) is 10.7. The fourth-order valence-corrected chi connectivity index (χ4v) is 3.44. The fourth-order valence-electron chi connectivity index (χ4n) is 3.44. The number of fused-ring (bicyclic) bond motifs is 1. The van der Waals surface area contributed by atoms with Crippen LogP contribution in [0.15, 0.2) is 24.3 Å². The molecule has 3 heteroatoms. The number of hydrogen-bond donors (Lipinski definition) is 1. The number of amides is 1. The van der Waals surface area contributed by atoms with Crippen LogP contribution >= 0.6 is 0 Å². The zero-order valence-electron chi connectivity index (χ0n) is 13.7. The van der Waals surface area contributed by atoms with Crippen LogP contribution in [0.25, 0.3) is 10.9 Å². The van der Waals surface area contributed by atoms with Gasteiger partial charge in [0.05, 0.1) is 0 Å². The molecule has 2 heterocycles. The van der Waals surface area contributed by atoms with Crippen molar-refractivity contribution in [2.24, 2.45) is 0 Å². The summed E-state index contributed by atoms with van der Waals surface area (Å²) in [5.41, 5.74) is 3.78. The average molecular weight is 298 g/mol. The van der Waals surface area contributed by atoms with E-state index in [0.717, 1.165) is 32.4 Å². The summed E-state index contributed by atoms with van der Waals surface area (Å²) in [6, 6.07) is 8.79. The highest BCUT2D eigenvalue weighted by atomic mass is 16.2. The van der Waals surface area contributed by atoms with E-state index in [1.165, 1.54) is 28.6 Å². The molecule has 0 aliphatic carbocycles. The lowest BCUT2D eigenvalue weighted by Crippen LogP contribution is -2.39. The summed E-state index contributed by atoms with van der Waals surface area (Å²) in [6.45, 7) is 6.06. The van der Waals surface area contributed by atoms with Gasteiger partial charge in [0.1, 0.15) is 0 Å². The van der Waals surface area contributed by atoms with Gasteiger partial charge in [-0.2, -0.15) is 0 Å². The zero-order chi connectivity index (χ0) is 15.5. The van der Waals surface area contributed by atoms with Gasteiger partial charge < -0.3 is 9.88 Å². The Morgan fingerprint density at radius 1 is 1.36 bits per heavy atom. The summed E-state index contributed by atoms with van der Waals surface area (Å²) in [7, 11) is 0. The third kappa shape index (κ3) is 3.18. The maximum atomic E-state index is 12.3. The Kier molecular flexibility index (Phi) is 4.51. The number of nitrogens with zero attached hydrogens (tertiary/aromatic N) is 1. The maximum absolute atomic E-state index is 12.3. The molecule has 0 saturated carbocycles. The molecule has 1 aromatic heterocycles.